The molecular formula is C19H18N2O. The average molecular weight is 290 g/mol. The van der Waals surface area contributed by atoms with Crippen molar-refractivity contribution in [2.45, 2.75) is 13.3 Å². The van der Waals surface area contributed by atoms with Crippen molar-refractivity contribution in [1.29, 1.82) is 0 Å². The van der Waals surface area contributed by atoms with Crippen molar-refractivity contribution in [2.75, 3.05) is 11.1 Å². The molecule has 0 bridgehead atoms. The Hall–Kier alpha value is -2.81. The number of aryl methyl sites for hydroxylation is 1. The number of hydrogen-bond acceptors (Lipinski definition) is 2. The zero-order valence-electron chi connectivity index (χ0n) is 12.5. The molecule has 0 spiro atoms. The highest BCUT2D eigenvalue weighted by Crippen LogP contribution is 2.22. The topological polar surface area (TPSA) is 55.1 Å². The van der Waals surface area contributed by atoms with Gasteiger partial charge in [-0.15, -0.1) is 0 Å². The fourth-order valence-electron chi connectivity index (χ4n) is 2.50. The Morgan fingerprint density at radius 1 is 1.00 bits per heavy atom. The van der Waals surface area contributed by atoms with Crippen LogP contribution < -0.4 is 11.1 Å². The van der Waals surface area contributed by atoms with Gasteiger partial charge < -0.3 is 11.1 Å². The fourth-order valence-corrected chi connectivity index (χ4v) is 2.50. The molecule has 0 saturated carbocycles. The molecular weight excluding hydrogens is 272 g/mol. The van der Waals surface area contributed by atoms with Gasteiger partial charge in [0.1, 0.15) is 0 Å². The molecule has 0 fully saturated rings. The summed E-state index contributed by atoms with van der Waals surface area (Å²) in [6, 6.07) is 19.4. The normalized spacial score (nSPS) is 10.6. The molecule has 0 heterocycles. The summed E-state index contributed by atoms with van der Waals surface area (Å²) >= 11 is 0. The molecule has 3 N–H and O–H groups in total. The number of rotatable bonds is 3. The maximum Gasteiger partial charge on any atom is 0.257 e. The summed E-state index contributed by atoms with van der Waals surface area (Å²) in [7, 11) is 0. The number of nitrogens with two attached hydrogens (primary N) is 1. The Labute approximate surface area is 129 Å². The van der Waals surface area contributed by atoms with E-state index in [9.17, 15) is 4.79 Å². The van der Waals surface area contributed by atoms with E-state index in [1.807, 2.05) is 24.3 Å². The van der Waals surface area contributed by atoms with Gasteiger partial charge in [-0.05, 0) is 47.0 Å². The van der Waals surface area contributed by atoms with E-state index in [1.54, 1.807) is 18.2 Å². The predicted octanol–water partition coefficient (Wildman–Crippen LogP) is 4.24. The third-order valence-corrected chi connectivity index (χ3v) is 3.78. The van der Waals surface area contributed by atoms with Crippen LogP contribution in [0.2, 0.25) is 0 Å². The second-order valence-electron chi connectivity index (χ2n) is 5.29. The average Bonchev–Trinajstić information content (AvgIpc) is 2.54. The van der Waals surface area contributed by atoms with Gasteiger partial charge in [-0.2, -0.15) is 0 Å². The van der Waals surface area contributed by atoms with Crippen LogP contribution in [0.4, 0.5) is 11.4 Å². The lowest BCUT2D eigenvalue weighted by molar-refractivity contribution is 0.102. The highest BCUT2D eigenvalue weighted by molar-refractivity contribution is 6.08. The smallest absolute Gasteiger partial charge is 0.257 e. The Kier molecular flexibility index (Phi) is 3.79. The van der Waals surface area contributed by atoms with Gasteiger partial charge in [0, 0.05) is 11.4 Å². The van der Waals surface area contributed by atoms with E-state index < -0.39 is 0 Å². The molecule has 0 atom stereocenters. The molecule has 3 heteroatoms. The van der Waals surface area contributed by atoms with E-state index >= 15 is 0 Å². The molecule has 0 aliphatic rings. The summed E-state index contributed by atoms with van der Waals surface area (Å²) < 4.78 is 0. The van der Waals surface area contributed by atoms with E-state index in [4.69, 9.17) is 5.73 Å². The lowest BCUT2D eigenvalue weighted by atomic mass is 10.0. The quantitative estimate of drug-likeness (QED) is 0.709. The molecule has 0 aliphatic heterocycles. The molecule has 0 aromatic heterocycles. The van der Waals surface area contributed by atoms with E-state index in [2.05, 4.69) is 30.4 Å². The number of nitrogens with one attached hydrogen (secondary N) is 1. The molecule has 1 amide bonds. The molecule has 3 nitrogen and oxygen atoms in total. The van der Waals surface area contributed by atoms with Crippen molar-refractivity contribution in [3.63, 3.8) is 0 Å². The van der Waals surface area contributed by atoms with Crippen molar-refractivity contribution < 1.29 is 4.79 Å². The van der Waals surface area contributed by atoms with Crippen molar-refractivity contribution >= 4 is 28.1 Å². The zero-order chi connectivity index (χ0) is 15.5. The fraction of sp³-hybridized carbons (Fsp3) is 0.105. The van der Waals surface area contributed by atoms with Gasteiger partial charge in [0.15, 0.2) is 0 Å². The van der Waals surface area contributed by atoms with Crippen LogP contribution >= 0.6 is 0 Å². The van der Waals surface area contributed by atoms with Gasteiger partial charge in [-0.3, -0.25) is 4.79 Å². The van der Waals surface area contributed by atoms with Gasteiger partial charge >= 0.3 is 0 Å². The van der Waals surface area contributed by atoms with Crippen LogP contribution in [0.3, 0.4) is 0 Å². The first-order chi connectivity index (χ1) is 10.7. The summed E-state index contributed by atoms with van der Waals surface area (Å²) in [5.41, 5.74) is 8.88. The number of benzene rings is 3. The Balaban J connectivity index is 1.88. The van der Waals surface area contributed by atoms with E-state index in [0.717, 1.165) is 17.5 Å². The van der Waals surface area contributed by atoms with Gasteiger partial charge in [-0.1, -0.05) is 43.3 Å². The van der Waals surface area contributed by atoms with Crippen LogP contribution in [0, 0.1) is 0 Å². The third kappa shape index (κ3) is 2.79. The van der Waals surface area contributed by atoms with Gasteiger partial charge in [-0.25, -0.2) is 0 Å². The molecule has 0 aliphatic carbocycles. The largest absolute Gasteiger partial charge is 0.398 e. The number of amides is 1. The first kappa shape index (κ1) is 14.1. The monoisotopic (exact) mass is 290 g/mol. The highest BCUT2D eigenvalue weighted by atomic mass is 16.1. The number of fused-ring (bicyclic) bond motifs is 1. The number of nitrogen functional groups attached to an aromatic ring is 1. The number of para-hydroxylation sites is 1. The van der Waals surface area contributed by atoms with Crippen LogP contribution in [0.1, 0.15) is 22.8 Å². The van der Waals surface area contributed by atoms with E-state index in [0.29, 0.717) is 11.3 Å². The maximum absolute atomic E-state index is 12.3. The summed E-state index contributed by atoms with van der Waals surface area (Å²) in [5.74, 6) is -0.192. The van der Waals surface area contributed by atoms with Gasteiger partial charge in [0.05, 0.1) is 5.56 Å². The van der Waals surface area contributed by atoms with Gasteiger partial charge in [0.25, 0.3) is 5.91 Å². The third-order valence-electron chi connectivity index (χ3n) is 3.78. The molecule has 22 heavy (non-hydrogen) atoms. The van der Waals surface area contributed by atoms with Crippen LogP contribution in [-0.2, 0) is 6.42 Å². The highest BCUT2D eigenvalue weighted by Gasteiger charge is 2.09. The second kappa shape index (κ2) is 5.90. The molecule has 0 radical (unpaired) electrons. The SMILES string of the molecule is CCc1ccc2cc(NC(=O)c3ccccc3N)ccc2c1. The minimum atomic E-state index is -0.192. The summed E-state index contributed by atoms with van der Waals surface area (Å²) in [4.78, 5) is 12.3. The first-order valence-electron chi connectivity index (χ1n) is 7.36. The summed E-state index contributed by atoms with van der Waals surface area (Å²) in [6.45, 7) is 2.14. The lowest BCUT2D eigenvalue weighted by Crippen LogP contribution is -2.13. The Morgan fingerprint density at radius 3 is 2.50 bits per heavy atom. The molecule has 0 unspecified atom stereocenters. The van der Waals surface area contributed by atoms with E-state index in [-0.39, 0.29) is 5.91 Å². The molecule has 0 saturated heterocycles. The summed E-state index contributed by atoms with van der Waals surface area (Å²) in [5, 5.41) is 5.19. The summed E-state index contributed by atoms with van der Waals surface area (Å²) in [6.07, 6.45) is 1.02. The van der Waals surface area contributed by atoms with Gasteiger partial charge in [0.2, 0.25) is 0 Å². The second-order valence-corrected chi connectivity index (χ2v) is 5.29. The van der Waals surface area contributed by atoms with Crippen LogP contribution in [0.15, 0.2) is 60.7 Å². The molecule has 3 aromatic rings. The van der Waals surface area contributed by atoms with Crippen molar-refractivity contribution in [3.05, 3.63) is 71.8 Å². The van der Waals surface area contributed by atoms with Crippen LogP contribution in [0.25, 0.3) is 10.8 Å². The van der Waals surface area contributed by atoms with Crippen molar-refractivity contribution in [3.8, 4) is 0 Å². The minimum Gasteiger partial charge on any atom is -0.398 e. The number of carbonyl (C=O) groups excluding carboxylic acids is 1. The number of anilines is 2. The Morgan fingerprint density at radius 2 is 1.73 bits per heavy atom. The minimum absolute atomic E-state index is 0.192. The predicted molar refractivity (Wildman–Crippen MR) is 92.1 cm³/mol. The molecule has 110 valence electrons. The van der Waals surface area contributed by atoms with E-state index in [1.165, 1.54) is 10.9 Å². The number of hydrogen-bond donors (Lipinski definition) is 2. The Bertz CT molecular complexity index is 840. The lowest BCUT2D eigenvalue weighted by Gasteiger charge is -2.09. The van der Waals surface area contributed by atoms with Crippen molar-refractivity contribution in [2.24, 2.45) is 0 Å². The van der Waals surface area contributed by atoms with Crippen LogP contribution in [0.5, 0.6) is 0 Å². The standard InChI is InChI=1S/C19H18N2O/c1-2-13-7-8-15-12-16(10-9-14(15)11-13)21-19(22)17-5-3-4-6-18(17)20/h3-12H,2,20H2,1H3,(H,21,22). The zero-order valence-corrected chi connectivity index (χ0v) is 12.5. The molecule has 3 rings (SSSR count). The molecule has 3 aromatic carbocycles. The van der Waals surface area contributed by atoms with Crippen LogP contribution in [-0.4, -0.2) is 5.91 Å². The van der Waals surface area contributed by atoms with Crippen molar-refractivity contribution in [1.82, 2.24) is 0 Å². The first-order valence-corrected chi connectivity index (χ1v) is 7.36. The number of carbonyl (C=O) groups is 1. The maximum atomic E-state index is 12.3.